The van der Waals surface area contributed by atoms with E-state index in [4.69, 9.17) is 4.74 Å². The molecule has 1 amide bonds. The molecule has 9 heteroatoms. The molecular formula is C21H22F2N2O5. The highest BCUT2D eigenvalue weighted by molar-refractivity contribution is 6.03. The van der Waals surface area contributed by atoms with Crippen molar-refractivity contribution in [3.63, 3.8) is 0 Å². The van der Waals surface area contributed by atoms with Crippen LogP contribution in [-0.4, -0.2) is 35.1 Å². The van der Waals surface area contributed by atoms with E-state index in [1.54, 1.807) is 13.8 Å². The zero-order chi connectivity index (χ0) is 22.2. The second-order valence-electron chi connectivity index (χ2n) is 7.84. The summed E-state index contributed by atoms with van der Waals surface area (Å²) in [7, 11) is 1.51. The van der Waals surface area contributed by atoms with Gasteiger partial charge in [0, 0.05) is 49.4 Å². The molecule has 0 aliphatic carbocycles. The van der Waals surface area contributed by atoms with E-state index >= 15 is 0 Å². The summed E-state index contributed by atoms with van der Waals surface area (Å²) in [5, 5.41) is 12.8. The van der Waals surface area contributed by atoms with E-state index in [0.29, 0.717) is 6.07 Å². The fourth-order valence-electron chi connectivity index (χ4n) is 3.55. The third-order valence-electron chi connectivity index (χ3n) is 5.56. The summed E-state index contributed by atoms with van der Waals surface area (Å²) in [5.41, 5.74) is -2.37. The molecule has 0 radical (unpaired) electrons. The van der Waals surface area contributed by atoms with Gasteiger partial charge in [0.05, 0.1) is 6.61 Å². The van der Waals surface area contributed by atoms with E-state index in [9.17, 15) is 28.3 Å². The fourth-order valence-corrected chi connectivity index (χ4v) is 3.55. The van der Waals surface area contributed by atoms with E-state index in [-0.39, 0.29) is 42.4 Å². The van der Waals surface area contributed by atoms with Crippen molar-refractivity contribution in [2.45, 2.75) is 26.9 Å². The van der Waals surface area contributed by atoms with Gasteiger partial charge in [-0.3, -0.25) is 14.4 Å². The number of ketones is 1. The Kier molecular flexibility index (Phi) is 5.76. The number of methoxy groups -OCH3 is 1. The SMILES string of the molecule is COC[C@H]1Cn2cc(C(=O)NCc3ccc(F)cc3F)c(=O)c(O)c2C(=O)C1(C)C. The second-order valence-corrected chi connectivity index (χ2v) is 7.84. The van der Waals surface area contributed by atoms with Crippen molar-refractivity contribution in [1.82, 2.24) is 9.88 Å². The number of carbonyl (C=O) groups is 2. The van der Waals surface area contributed by atoms with Gasteiger partial charge in [0.2, 0.25) is 5.43 Å². The van der Waals surface area contributed by atoms with Crippen LogP contribution >= 0.6 is 0 Å². The van der Waals surface area contributed by atoms with Crippen LogP contribution in [0.3, 0.4) is 0 Å². The molecule has 0 unspecified atom stereocenters. The number of halogens is 2. The summed E-state index contributed by atoms with van der Waals surface area (Å²) in [6.45, 7) is 3.67. The van der Waals surface area contributed by atoms with Gasteiger partial charge in [-0.05, 0) is 6.07 Å². The van der Waals surface area contributed by atoms with Gasteiger partial charge in [-0.2, -0.15) is 0 Å². The third-order valence-corrected chi connectivity index (χ3v) is 5.56. The molecule has 30 heavy (non-hydrogen) atoms. The number of benzene rings is 1. The molecule has 2 aromatic rings. The number of hydrogen-bond donors (Lipinski definition) is 2. The van der Waals surface area contributed by atoms with Crippen molar-refractivity contribution in [2.24, 2.45) is 11.3 Å². The zero-order valence-corrected chi connectivity index (χ0v) is 16.8. The Morgan fingerprint density at radius 1 is 1.33 bits per heavy atom. The first-order valence-electron chi connectivity index (χ1n) is 9.30. The van der Waals surface area contributed by atoms with Crippen molar-refractivity contribution >= 4 is 11.7 Å². The van der Waals surface area contributed by atoms with E-state index in [2.05, 4.69) is 5.32 Å². The van der Waals surface area contributed by atoms with Gasteiger partial charge in [-0.1, -0.05) is 19.9 Å². The number of nitrogens with zero attached hydrogens (tertiary/aromatic N) is 1. The second kappa shape index (κ2) is 7.98. The van der Waals surface area contributed by atoms with Crippen molar-refractivity contribution in [1.29, 1.82) is 0 Å². The first-order chi connectivity index (χ1) is 14.1. The number of fused-ring (bicyclic) bond motifs is 1. The Morgan fingerprint density at radius 3 is 2.67 bits per heavy atom. The minimum Gasteiger partial charge on any atom is -0.503 e. The lowest BCUT2D eigenvalue weighted by molar-refractivity contribution is 0.0403. The van der Waals surface area contributed by atoms with Crippen molar-refractivity contribution in [3.8, 4) is 5.75 Å². The molecule has 0 spiro atoms. The molecular weight excluding hydrogens is 398 g/mol. The van der Waals surface area contributed by atoms with Crippen LogP contribution in [0.1, 0.15) is 40.3 Å². The molecule has 1 atom stereocenters. The van der Waals surface area contributed by atoms with Crippen LogP contribution in [0, 0.1) is 23.0 Å². The smallest absolute Gasteiger partial charge is 0.257 e. The van der Waals surface area contributed by atoms with Gasteiger partial charge in [0.1, 0.15) is 22.9 Å². The van der Waals surface area contributed by atoms with E-state index in [1.807, 2.05) is 0 Å². The minimum atomic E-state index is -0.993. The molecule has 0 saturated carbocycles. The number of hydrogen-bond acceptors (Lipinski definition) is 5. The van der Waals surface area contributed by atoms with Gasteiger partial charge in [0.25, 0.3) is 5.91 Å². The quantitative estimate of drug-likeness (QED) is 0.773. The van der Waals surface area contributed by atoms with Crippen LogP contribution in [0.5, 0.6) is 5.75 Å². The lowest BCUT2D eigenvalue weighted by Gasteiger charge is -2.38. The average Bonchev–Trinajstić information content (AvgIpc) is 2.68. The minimum absolute atomic E-state index is 0.0316. The number of pyridine rings is 1. The van der Waals surface area contributed by atoms with Crippen molar-refractivity contribution in [2.75, 3.05) is 13.7 Å². The highest BCUT2D eigenvalue weighted by Crippen LogP contribution is 2.38. The summed E-state index contributed by atoms with van der Waals surface area (Å²) < 4.78 is 33.3. The molecule has 1 aromatic carbocycles. The molecule has 0 fully saturated rings. The third kappa shape index (κ3) is 3.72. The molecule has 1 aliphatic heterocycles. The standard InChI is InChI=1S/C21H22F2N2O5/c1-21(2)12(10-30-3)8-25-9-14(17(26)18(27)16(25)19(21)28)20(29)24-7-11-4-5-13(22)6-15(11)23/h4-6,9,12,27H,7-8,10H2,1-3H3,(H,24,29)/t12-/m1/s1. The van der Waals surface area contributed by atoms with E-state index in [0.717, 1.165) is 6.07 Å². The maximum atomic E-state index is 13.8. The van der Waals surface area contributed by atoms with E-state index < -0.39 is 39.9 Å². The normalized spacial score (nSPS) is 17.5. The summed E-state index contributed by atoms with van der Waals surface area (Å²) in [6, 6.07) is 2.91. The predicted octanol–water partition coefficient (Wildman–Crippen LogP) is 2.25. The Balaban J connectivity index is 1.93. The predicted molar refractivity (Wildman–Crippen MR) is 103 cm³/mol. The molecule has 2 heterocycles. The fraction of sp³-hybridized carbons (Fsp3) is 0.381. The molecule has 1 aromatic heterocycles. The number of nitrogens with one attached hydrogen (secondary N) is 1. The number of aromatic nitrogens is 1. The van der Waals surface area contributed by atoms with Crippen LogP contribution in [0.4, 0.5) is 8.78 Å². The van der Waals surface area contributed by atoms with Crippen LogP contribution in [0.25, 0.3) is 0 Å². The van der Waals surface area contributed by atoms with Crippen LogP contribution in [-0.2, 0) is 17.8 Å². The molecule has 0 saturated heterocycles. The highest BCUT2D eigenvalue weighted by atomic mass is 19.1. The molecule has 7 nitrogen and oxygen atoms in total. The topological polar surface area (TPSA) is 97.6 Å². The molecule has 0 bridgehead atoms. The largest absolute Gasteiger partial charge is 0.503 e. The lowest BCUT2D eigenvalue weighted by Crippen LogP contribution is -2.45. The summed E-state index contributed by atoms with van der Waals surface area (Å²) in [6.07, 6.45) is 1.21. The average molecular weight is 420 g/mol. The number of carbonyl (C=O) groups excluding carboxylic acids is 2. The molecule has 2 N–H and O–H groups in total. The number of Topliss-reactive ketones (excluding diaryl/α,β-unsaturated/α-hetero) is 1. The Morgan fingerprint density at radius 2 is 2.03 bits per heavy atom. The van der Waals surface area contributed by atoms with Gasteiger partial charge in [0.15, 0.2) is 11.5 Å². The van der Waals surface area contributed by atoms with Crippen molar-refractivity contribution < 1.29 is 28.2 Å². The number of ether oxygens (including phenoxy) is 1. The molecule has 160 valence electrons. The van der Waals surface area contributed by atoms with E-state index in [1.165, 1.54) is 23.9 Å². The van der Waals surface area contributed by atoms with Gasteiger partial charge < -0.3 is 19.7 Å². The number of amides is 1. The Labute approximate surface area is 171 Å². The van der Waals surface area contributed by atoms with Gasteiger partial charge in [-0.15, -0.1) is 0 Å². The maximum Gasteiger partial charge on any atom is 0.257 e. The van der Waals surface area contributed by atoms with Crippen molar-refractivity contribution in [3.05, 3.63) is 63.1 Å². The monoisotopic (exact) mass is 420 g/mol. The Bertz CT molecular complexity index is 1080. The van der Waals surface area contributed by atoms with Crippen LogP contribution < -0.4 is 10.7 Å². The van der Waals surface area contributed by atoms with Crippen LogP contribution in [0.2, 0.25) is 0 Å². The van der Waals surface area contributed by atoms with Gasteiger partial charge >= 0.3 is 0 Å². The van der Waals surface area contributed by atoms with Crippen LogP contribution in [0.15, 0.2) is 29.2 Å². The van der Waals surface area contributed by atoms with Gasteiger partial charge in [-0.25, -0.2) is 8.78 Å². The Hall–Kier alpha value is -3.07. The first-order valence-corrected chi connectivity index (χ1v) is 9.30. The first kappa shape index (κ1) is 21.6. The maximum absolute atomic E-state index is 13.8. The molecule has 1 aliphatic rings. The summed E-state index contributed by atoms with van der Waals surface area (Å²) >= 11 is 0. The summed E-state index contributed by atoms with van der Waals surface area (Å²) in [4.78, 5) is 38.0. The molecule has 3 rings (SSSR count). The number of rotatable bonds is 5. The highest BCUT2D eigenvalue weighted by Gasteiger charge is 2.44. The lowest BCUT2D eigenvalue weighted by atomic mass is 9.72. The zero-order valence-electron chi connectivity index (χ0n) is 16.8. The summed E-state index contributed by atoms with van der Waals surface area (Å²) in [5.74, 6) is -3.91. The number of aromatic hydroxyl groups is 1.